The Balaban J connectivity index is 1.75. The molecule has 0 unspecified atom stereocenters. The van der Waals surface area contributed by atoms with Crippen LogP contribution in [0.3, 0.4) is 0 Å². The fourth-order valence-corrected chi connectivity index (χ4v) is 3.93. The Morgan fingerprint density at radius 2 is 2.07 bits per heavy atom. The summed E-state index contributed by atoms with van der Waals surface area (Å²) in [5.41, 5.74) is 4.57. The number of ether oxygens (including phenoxy) is 1. The predicted molar refractivity (Wildman–Crippen MR) is 106 cm³/mol. The highest BCUT2D eigenvalue weighted by Crippen LogP contribution is 2.38. The third-order valence-corrected chi connectivity index (χ3v) is 5.63. The molecule has 1 aliphatic carbocycles. The van der Waals surface area contributed by atoms with Crippen molar-refractivity contribution in [3.8, 4) is 17.0 Å². The van der Waals surface area contributed by atoms with Gasteiger partial charge in [0.2, 0.25) is 5.88 Å². The number of amides is 1. The van der Waals surface area contributed by atoms with Gasteiger partial charge in [0.1, 0.15) is 0 Å². The number of hydrogen-bond acceptors (Lipinski definition) is 6. The van der Waals surface area contributed by atoms with E-state index >= 15 is 0 Å². The van der Waals surface area contributed by atoms with Crippen molar-refractivity contribution >= 4 is 21.7 Å². The van der Waals surface area contributed by atoms with Crippen molar-refractivity contribution in [2.75, 3.05) is 12.4 Å². The van der Waals surface area contributed by atoms with E-state index in [1.165, 1.54) is 24.9 Å². The van der Waals surface area contributed by atoms with Crippen molar-refractivity contribution in [1.82, 2.24) is 14.8 Å². The van der Waals surface area contributed by atoms with Gasteiger partial charge in [-0.3, -0.25) is 0 Å². The molecule has 0 saturated heterocycles. The first-order valence-corrected chi connectivity index (χ1v) is 10.5. The highest BCUT2D eigenvalue weighted by Gasteiger charge is 2.22. The van der Waals surface area contributed by atoms with Crippen LogP contribution in [0.1, 0.15) is 17.5 Å². The zero-order chi connectivity index (χ0) is 20.6. The van der Waals surface area contributed by atoms with Gasteiger partial charge in [-0.05, 0) is 48.1 Å². The Bertz CT molecular complexity index is 1200. The summed E-state index contributed by atoms with van der Waals surface area (Å²) in [4.78, 5) is 16.9. The van der Waals surface area contributed by atoms with Crippen molar-refractivity contribution in [2.24, 2.45) is 5.14 Å². The molecule has 3 aromatic rings. The van der Waals surface area contributed by atoms with Crippen molar-refractivity contribution in [3.05, 3.63) is 53.9 Å². The Hall–Kier alpha value is -3.24. The molecule has 10 heteroatoms. The maximum atomic E-state index is 12.8. The highest BCUT2D eigenvalue weighted by molar-refractivity contribution is 7.89. The highest BCUT2D eigenvalue weighted by atomic mass is 32.2. The second kappa shape index (κ2) is 7.30. The van der Waals surface area contributed by atoms with Crippen LogP contribution in [-0.2, 0) is 22.9 Å². The first kappa shape index (κ1) is 19.1. The predicted octanol–water partition coefficient (Wildman–Crippen LogP) is 2.17. The van der Waals surface area contributed by atoms with Gasteiger partial charge in [0.15, 0.2) is 5.03 Å². The number of anilines is 1. The van der Waals surface area contributed by atoms with Crippen LogP contribution < -0.4 is 15.2 Å². The molecule has 1 amide bonds. The summed E-state index contributed by atoms with van der Waals surface area (Å²) in [6, 6.07) is 8.24. The summed E-state index contributed by atoms with van der Waals surface area (Å²) in [6.45, 7) is 0. The first-order valence-electron chi connectivity index (χ1n) is 8.92. The monoisotopic (exact) mass is 413 g/mol. The van der Waals surface area contributed by atoms with Crippen LogP contribution in [-0.4, -0.2) is 36.3 Å². The molecule has 0 radical (unpaired) electrons. The standard InChI is InChI=1S/C19H19N5O4S/c1-28-16-11-13(7-9-21-16)15-6-5-12-3-2-4-14(12)18(15)22-19(25)24-10-8-17(23-24)29(20,26)27/h5-11H,2-4H2,1H3,(H,22,25)(H2,20,26,27). The first-order chi connectivity index (χ1) is 13.9. The molecular weight excluding hydrogens is 394 g/mol. The maximum Gasteiger partial charge on any atom is 0.346 e. The van der Waals surface area contributed by atoms with E-state index in [4.69, 9.17) is 9.88 Å². The van der Waals surface area contributed by atoms with Crippen LogP contribution in [0.5, 0.6) is 5.88 Å². The molecule has 1 aliphatic rings. The number of carbonyl (C=O) groups is 1. The van der Waals surface area contributed by atoms with Crippen molar-refractivity contribution in [2.45, 2.75) is 24.3 Å². The molecule has 0 bridgehead atoms. The number of pyridine rings is 1. The molecule has 0 spiro atoms. The van der Waals surface area contributed by atoms with E-state index < -0.39 is 16.1 Å². The molecule has 4 rings (SSSR count). The second-order valence-corrected chi connectivity index (χ2v) is 8.15. The van der Waals surface area contributed by atoms with E-state index in [0.29, 0.717) is 11.6 Å². The number of carbonyl (C=O) groups excluding carboxylic acids is 1. The summed E-state index contributed by atoms with van der Waals surface area (Å²) < 4.78 is 29.0. The van der Waals surface area contributed by atoms with Gasteiger partial charge in [0, 0.05) is 24.0 Å². The molecular formula is C19H19N5O4S. The molecule has 2 heterocycles. The molecule has 0 atom stereocenters. The molecule has 150 valence electrons. The normalized spacial score (nSPS) is 13.2. The van der Waals surface area contributed by atoms with Gasteiger partial charge in [0.25, 0.3) is 10.0 Å². The topological polar surface area (TPSA) is 129 Å². The van der Waals surface area contributed by atoms with E-state index in [-0.39, 0.29) is 5.03 Å². The zero-order valence-corrected chi connectivity index (χ0v) is 16.4. The molecule has 3 N–H and O–H groups in total. The fraction of sp³-hybridized carbons (Fsp3) is 0.211. The number of nitrogens with one attached hydrogen (secondary N) is 1. The van der Waals surface area contributed by atoms with Gasteiger partial charge in [-0.1, -0.05) is 12.1 Å². The largest absolute Gasteiger partial charge is 0.481 e. The van der Waals surface area contributed by atoms with Gasteiger partial charge in [-0.15, -0.1) is 0 Å². The number of sulfonamides is 1. The summed E-state index contributed by atoms with van der Waals surface area (Å²) in [7, 11) is -2.45. The Morgan fingerprint density at radius 3 is 2.79 bits per heavy atom. The van der Waals surface area contributed by atoms with E-state index in [2.05, 4.69) is 21.5 Å². The van der Waals surface area contributed by atoms with Crippen molar-refractivity contribution < 1.29 is 17.9 Å². The molecule has 0 aliphatic heterocycles. The molecule has 29 heavy (non-hydrogen) atoms. The van der Waals surface area contributed by atoms with Crippen LogP contribution in [0.4, 0.5) is 10.5 Å². The lowest BCUT2D eigenvalue weighted by atomic mass is 9.98. The number of hydrogen-bond donors (Lipinski definition) is 2. The van der Waals surface area contributed by atoms with Crippen molar-refractivity contribution in [1.29, 1.82) is 0 Å². The Morgan fingerprint density at radius 1 is 1.24 bits per heavy atom. The Kier molecular flexibility index (Phi) is 4.81. The van der Waals surface area contributed by atoms with Gasteiger partial charge in [-0.2, -0.15) is 9.78 Å². The number of nitrogens with zero attached hydrogens (tertiary/aromatic N) is 3. The molecule has 9 nitrogen and oxygen atoms in total. The Labute approximate surface area is 167 Å². The third-order valence-electron chi connectivity index (χ3n) is 4.83. The van der Waals surface area contributed by atoms with Crippen LogP contribution in [0.25, 0.3) is 11.1 Å². The van der Waals surface area contributed by atoms with Gasteiger partial charge in [0.05, 0.1) is 12.8 Å². The van der Waals surface area contributed by atoms with Crippen LogP contribution >= 0.6 is 0 Å². The maximum absolute atomic E-state index is 12.8. The minimum Gasteiger partial charge on any atom is -0.481 e. The minimum absolute atomic E-state index is 0.370. The number of benzene rings is 1. The number of nitrogens with two attached hydrogens (primary N) is 1. The molecule has 0 saturated carbocycles. The number of fused-ring (bicyclic) bond motifs is 1. The minimum atomic E-state index is -3.99. The van der Waals surface area contributed by atoms with E-state index in [0.717, 1.165) is 40.6 Å². The smallest absolute Gasteiger partial charge is 0.346 e. The summed E-state index contributed by atoms with van der Waals surface area (Å²) in [6.07, 6.45) is 5.67. The second-order valence-electron chi connectivity index (χ2n) is 6.64. The average molecular weight is 413 g/mol. The van der Waals surface area contributed by atoms with Crippen LogP contribution in [0.15, 0.2) is 47.8 Å². The van der Waals surface area contributed by atoms with Gasteiger partial charge >= 0.3 is 6.03 Å². The van der Waals surface area contributed by atoms with E-state index in [1.807, 2.05) is 12.1 Å². The SMILES string of the molecule is COc1cc(-c2ccc3c(c2NC(=O)n2ccc(S(N)(=O)=O)n2)CCC3)ccn1. The molecule has 1 aromatic carbocycles. The van der Waals surface area contributed by atoms with Gasteiger partial charge < -0.3 is 10.1 Å². The average Bonchev–Trinajstić information content (AvgIpc) is 3.37. The number of aryl methyl sites for hydroxylation is 1. The number of primary sulfonamides is 1. The number of aromatic nitrogens is 3. The summed E-state index contributed by atoms with van der Waals surface area (Å²) in [5, 5.41) is 11.4. The third kappa shape index (κ3) is 3.71. The zero-order valence-electron chi connectivity index (χ0n) is 15.6. The summed E-state index contributed by atoms with van der Waals surface area (Å²) in [5.74, 6) is 0.463. The lowest BCUT2D eigenvalue weighted by molar-refractivity contribution is 0.250. The van der Waals surface area contributed by atoms with Crippen molar-refractivity contribution in [3.63, 3.8) is 0 Å². The quantitative estimate of drug-likeness (QED) is 0.674. The van der Waals surface area contributed by atoms with Crippen LogP contribution in [0, 0.1) is 0 Å². The number of rotatable bonds is 4. The van der Waals surface area contributed by atoms with E-state index in [9.17, 15) is 13.2 Å². The fourth-order valence-electron chi connectivity index (χ4n) is 3.47. The van der Waals surface area contributed by atoms with Gasteiger partial charge in [-0.25, -0.2) is 23.3 Å². The number of methoxy groups -OCH3 is 1. The molecule has 0 fully saturated rings. The van der Waals surface area contributed by atoms with Crippen LogP contribution in [0.2, 0.25) is 0 Å². The summed E-state index contributed by atoms with van der Waals surface area (Å²) >= 11 is 0. The molecule has 2 aromatic heterocycles. The lowest BCUT2D eigenvalue weighted by Gasteiger charge is -2.16. The van der Waals surface area contributed by atoms with E-state index in [1.54, 1.807) is 12.3 Å². The lowest BCUT2D eigenvalue weighted by Crippen LogP contribution is -2.22.